The molecule has 0 saturated carbocycles. The van der Waals surface area contributed by atoms with Crippen LogP contribution in [0, 0.1) is 0 Å². The average Bonchev–Trinajstić information content (AvgIpc) is 3.37. The van der Waals surface area contributed by atoms with Crippen LogP contribution >= 0.6 is 11.3 Å². The van der Waals surface area contributed by atoms with E-state index in [1.54, 1.807) is 18.4 Å². The first-order valence-corrected chi connectivity index (χ1v) is 10.2. The maximum Gasteiger partial charge on any atom is 0.203 e. The van der Waals surface area contributed by atoms with Crippen LogP contribution in [-0.4, -0.2) is 57.9 Å². The second-order valence-corrected chi connectivity index (χ2v) is 7.73. The summed E-state index contributed by atoms with van der Waals surface area (Å²) in [6, 6.07) is 6.05. The third-order valence-electron chi connectivity index (χ3n) is 5.13. The molecule has 28 heavy (non-hydrogen) atoms. The molecule has 0 N–H and O–H groups in total. The molecule has 4 heterocycles. The zero-order chi connectivity index (χ0) is 19.1. The summed E-state index contributed by atoms with van der Waals surface area (Å²) in [4.78, 5) is 14.0. The Morgan fingerprint density at radius 2 is 1.93 bits per heavy atom. The van der Waals surface area contributed by atoms with Gasteiger partial charge in [0.2, 0.25) is 5.65 Å². The average molecular weight is 395 g/mol. The molecule has 9 heteroatoms. The van der Waals surface area contributed by atoms with Crippen molar-refractivity contribution in [2.75, 3.05) is 43.1 Å². The maximum atomic E-state index is 5.31. The van der Waals surface area contributed by atoms with E-state index in [1.807, 2.05) is 28.9 Å². The highest BCUT2D eigenvalue weighted by Gasteiger charge is 2.23. The topological polar surface area (TPSA) is 71.7 Å². The SMILES string of the molecule is CCc1nnc2c(N3CCN(c4nc5cc(OC)ccc5s4)CC3)nccn12. The molecule has 0 radical (unpaired) electrons. The van der Waals surface area contributed by atoms with Crippen molar-refractivity contribution in [3.8, 4) is 5.75 Å². The number of anilines is 2. The number of aryl methyl sites for hydroxylation is 1. The molecule has 144 valence electrons. The minimum absolute atomic E-state index is 0.833. The van der Waals surface area contributed by atoms with Crippen LogP contribution in [0.2, 0.25) is 0 Å². The van der Waals surface area contributed by atoms with Crippen LogP contribution in [0.5, 0.6) is 5.75 Å². The Hall–Kier alpha value is -2.94. The number of benzene rings is 1. The van der Waals surface area contributed by atoms with Crippen molar-refractivity contribution in [3.63, 3.8) is 0 Å². The van der Waals surface area contributed by atoms with E-state index in [0.29, 0.717) is 0 Å². The van der Waals surface area contributed by atoms with Gasteiger partial charge in [-0.15, -0.1) is 10.2 Å². The quantitative estimate of drug-likeness (QED) is 0.526. The van der Waals surface area contributed by atoms with E-state index in [0.717, 1.165) is 66.3 Å². The predicted molar refractivity (Wildman–Crippen MR) is 111 cm³/mol. The number of thiazole rings is 1. The van der Waals surface area contributed by atoms with Crippen LogP contribution in [0.4, 0.5) is 10.9 Å². The van der Waals surface area contributed by atoms with Gasteiger partial charge in [0.25, 0.3) is 0 Å². The summed E-state index contributed by atoms with van der Waals surface area (Å²) in [6.07, 6.45) is 4.61. The summed E-state index contributed by atoms with van der Waals surface area (Å²) in [7, 11) is 1.68. The van der Waals surface area contributed by atoms with Gasteiger partial charge in [-0.1, -0.05) is 18.3 Å². The van der Waals surface area contributed by atoms with E-state index in [9.17, 15) is 0 Å². The van der Waals surface area contributed by atoms with Crippen LogP contribution in [-0.2, 0) is 6.42 Å². The summed E-state index contributed by atoms with van der Waals surface area (Å²) in [5.41, 5.74) is 1.82. The van der Waals surface area contributed by atoms with Gasteiger partial charge in [0.1, 0.15) is 11.6 Å². The summed E-state index contributed by atoms with van der Waals surface area (Å²) < 4.78 is 8.53. The third-order valence-corrected chi connectivity index (χ3v) is 6.23. The summed E-state index contributed by atoms with van der Waals surface area (Å²) >= 11 is 1.73. The molecule has 4 aromatic rings. The fourth-order valence-corrected chi connectivity index (χ4v) is 4.59. The molecule has 8 nitrogen and oxygen atoms in total. The summed E-state index contributed by atoms with van der Waals surface area (Å²) in [5.74, 6) is 2.71. The second kappa shape index (κ2) is 6.90. The fraction of sp³-hybridized carbons (Fsp3) is 0.368. The molecule has 1 saturated heterocycles. The van der Waals surface area contributed by atoms with Crippen LogP contribution in [0.25, 0.3) is 15.9 Å². The zero-order valence-corrected chi connectivity index (χ0v) is 16.7. The molecule has 5 rings (SSSR count). The molecule has 1 aromatic carbocycles. The molecule has 0 unspecified atom stereocenters. The molecule has 1 aliphatic heterocycles. The van der Waals surface area contributed by atoms with Crippen molar-refractivity contribution >= 4 is 38.2 Å². The Bertz CT molecular complexity index is 1130. The number of hydrogen-bond acceptors (Lipinski definition) is 8. The highest BCUT2D eigenvalue weighted by atomic mass is 32.1. The predicted octanol–water partition coefficient (Wildman–Crippen LogP) is 2.63. The lowest BCUT2D eigenvalue weighted by Crippen LogP contribution is -2.47. The van der Waals surface area contributed by atoms with E-state index >= 15 is 0 Å². The number of hydrogen-bond donors (Lipinski definition) is 0. The third kappa shape index (κ3) is 2.82. The number of piperazine rings is 1. The van der Waals surface area contributed by atoms with Crippen LogP contribution < -0.4 is 14.5 Å². The summed E-state index contributed by atoms with van der Waals surface area (Å²) in [5, 5.41) is 9.71. The van der Waals surface area contributed by atoms with Gasteiger partial charge < -0.3 is 14.5 Å². The first kappa shape index (κ1) is 17.2. The fourth-order valence-electron chi connectivity index (χ4n) is 3.59. The monoisotopic (exact) mass is 395 g/mol. The van der Waals surface area contributed by atoms with Crippen molar-refractivity contribution in [2.24, 2.45) is 0 Å². The largest absolute Gasteiger partial charge is 0.497 e. The molecule has 0 spiro atoms. The number of fused-ring (bicyclic) bond motifs is 2. The number of nitrogens with zero attached hydrogens (tertiary/aromatic N) is 7. The van der Waals surface area contributed by atoms with Gasteiger partial charge in [0.15, 0.2) is 10.9 Å². The lowest BCUT2D eigenvalue weighted by Gasteiger charge is -2.35. The van der Waals surface area contributed by atoms with E-state index in [-0.39, 0.29) is 0 Å². The minimum Gasteiger partial charge on any atom is -0.497 e. The van der Waals surface area contributed by atoms with Gasteiger partial charge in [-0.25, -0.2) is 9.97 Å². The van der Waals surface area contributed by atoms with Gasteiger partial charge in [-0.05, 0) is 12.1 Å². The van der Waals surface area contributed by atoms with Crippen molar-refractivity contribution in [3.05, 3.63) is 36.4 Å². The Morgan fingerprint density at radius 3 is 2.71 bits per heavy atom. The van der Waals surface area contributed by atoms with Gasteiger partial charge in [0, 0.05) is 51.1 Å². The Balaban J connectivity index is 1.36. The first-order chi connectivity index (χ1) is 13.8. The molecule has 1 aliphatic rings. The van der Waals surface area contributed by atoms with Crippen molar-refractivity contribution in [1.29, 1.82) is 0 Å². The van der Waals surface area contributed by atoms with E-state index in [4.69, 9.17) is 9.72 Å². The lowest BCUT2D eigenvalue weighted by molar-refractivity contribution is 0.415. The lowest BCUT2D eigenvalue weighted by atomic mass is 10.3. The number of ether oxygens (including phenoxy) is 1. The molecule has 3 aromatic heterocycles. The van der Waals surface area contributed by atoms with Gasteiger partial charge >= 0.3 is 0 Å². The van der Waals surface area contributed by atoms with Crippen LogP contribution in [0.1, 0.15) is 12.7 Å². The molecule has 0 amide bonds. The van der Waals surface area contributed by atoms with Crippen molar-refractivity contribution in [1.82, 2.24) is 24.6 Å². The Kier molecular flexibility index (Phi) is 4.23. The van der Waals surface area contributed by atoms with Crippen molar-refractivity contribution in [2.45, 2.75) is 13.3 Å². The zero-order valence-electron chi connectivity index (χ0n) is 15.9. The Labute approximate surface area is 166 Å². The smallest absolute Gasteiger partial charge is 0.203 e. The van der Waals surface area contributed by atoms with Crippen LogP contribution in [0.3, 0.4) is 0 Å². The van der Waals surface area contributed by atoms with Gasteiger partial charge in [-0.3, -0.25) is 4.40 Å². The number of methoxy groups -OCH3 is 1. The highest BCUT2D eigenvalue weighted by molar-refractivity contribution is 7.22. The van der Waals surface area contributed by atoms with Crippen LogP contribution in [0.15, 0.2) is 30.6 Å². The molecule has 0 aliphatic carbocycles. The van der Waals surface area contributed by atoms with Gasteiger partial charge in [0.05, 0.1) is 17.3 Å². The number of rotatable bonds is 4. The Morgan fingerprint density at radius 1 is 1.11 bits per heavy atom. The molecular formula is C19H21N7OS. The molecular weight excluding hydrogens is 374 g/mol. The van der Waals surface area contributed by atoms with E-state index < -0.39 is 0 Å². The molecule has 0 atom stereocenters. The molecule has 1 fully saturated rings. The first-order valence-electron chi connectivity index (χ1n) is 9.40. The second-order valence-electron chi connectivity index (χ2n) is 6.72. The van der Waals surface area contributed by atoms with E-state index in [2.05, 4.69) is 38.0 Å². The van der Waals surface area contributed by atoms with E-state index in [1.165, 1.54) is 4.70 Å². The normalized spacial score (nSPS) is 14.9. The maximum absolute atomic E-state index is 5.31. The standard InChI is InChI=1S/C19H21N7OS/c1-3-16-22-23-18-17(20-6-7-26(16)18)24-8-10-25(11-9-24)19-21-14-12-13(27-2)4-5-15(14)28-19/h4-7,12H,3,8-11H2,1-2H3. The number of aromatic nitrogens is 5. The minimum atomic E-state index is 0.833. The summed E-state index contributed by atoms with van der Waals surface area (Å²) in [6.45, 7) is 5.63. The highest BCUT2D eigenvalue weighted by Crippen LogP contribution is 2.32. The van der Waals surface area contributed by atoms with Gasteiger partial charge in [-0.2, -0.15) is 0 Å². The molecule has 0 bridgehead atoms. The van der Waals surface area contributed by atoms with Crippen molar-refractivity contribution < 1.29 is 4.74 Å².